The van der Waals surface area contributed by atoms with Crippen LogP contribution in [0.3, 0.4) is 0 Å². The minimum absolute atomic E-state index is 0.0154. The van der Waals surface area contributed by atoms with Crippen LogP contribution in [0.15, 0.2) is 103 Å². The minimum atomic E-state index is -0.0154. The normalized spacial score (nSPS) is 18.4. The molecule has 0 saturated carbocycles. The SMILES string of the molecule is Cc1cc2c3c(c1)N(c1ccc4c(c1)C(C)(C)CCC4(C)C)c1c(sc4ccc(-c5ccc(C(C)(C)C)cc5)cc14)B3c1cc(C(C)(C)C)ccc1N2c1cc2c(cc1C)C(C)(C)CCC2(C)C. The Hall–Kier alpha value is -5.06. The summed E-state index contributed by atoms with van der Waals surface area (Å²) in [7, 11) is 0. The van der Waals surface area contributed by atoms with Crippen LogP contribution in [0, 0.1) is 13.8 Å². The lowest BCUT2D eigenvalue weighted by Crippen LogP contribution is -2.60. The van der Waals surface area contributed by atoms with Gasteiger partial charge in [0.15, 0.2) is 0 Å². The van der Waals surface area contributed by atoms with Crippen molar-refractivity contribution in [1.29, 1.82) is 0 Å². The van der Waals surface area contributed by atoms with E-state index in [1.165, 1.54) is 141 Å². The van der Waals surface area contributed by atoms with Crippen LogP contribution in [0.25, 0.3) is 21.2 Å². The summed E-state index contributed by atoms with van der Waals surface area (Å²) in [4.78, 5) is 5.40. The molecule has 6 aromatic carbocycles. The number of rotatable bonds is 3. The molecule has 1 aromatic heterocycles. The number of nitrogens with zero attached hydrogens (tertiary/aromatic N) is 2. The molecule has 0 radical (unpaired) electrons. The summed E-state index contributed by atoms with van der Waals surface area (Å²) in [5.41, 5.74) is 25.1. The van der Waals surface area contributed by atoms with Crippen molar-refractivity contribution in [2.24, 2.45) is 0 Å². The third-order valence-electron chi connectivity index (χ3n) is 17.3. The Balaban J connectivity index is 1.23. The van der Waals surface area contributed by atoms with E-state index in [9.17, 15) is 0 Å². The Kier molecular flexibility index (Phi) is 9.84. The van der Waals surface area contributed by atoms with E-state index in [1.54, 1.807) is 0 Å². The third-order valence-corrected chi connectivity index (χ3v) is 18.5. The lowest BCUT2D eigenvalue weighted by atomic mass is 9.36. The maximum absolute atomic E-state index is 2.71. The largest absolute Gasteiger partial charge is 0.311 e. The van der Waals surface area contributed by atoms with Crippen molar-refractivity contribution in [3.8, 4) is 11.1 Å². The van der Waals surface area contributed by atoms with Crippen LogP contribution >= 0.6 is 11.3 Å². The maximum Gasteiger partial charge on any atom is 0.264 e. The second-order valence-corrected chi connectivity index (χ2v) is 27.2. The average molecular weight is 913 g/mol. The van der Waals surface area contributed by atoms with Gasteiger partial charge < -0.3 is 9.80 Å². The molecule has 0 fully saturated rings. The molecule has 68 heavy (non-hydrogen) atoms. The molecular weight excluding hydrogens is 840 g/mol. The Morgan fingerprint density at radius 3 is 1.65 bits per heavy atom. The van der Waals surface area contributed by atoms with Gasteiger partial charge in [-0.05, 0) is 187 Å². The quantitative estimate of drug-likeness (QED) is 0.163. The predicted octanol–water partition coefficient (Wildman–Crippen LogP) is 16.6. The van der Waals surface area contributed by atoms with Crippen LogP contribution in [0.1, 0.15) is 167 Å². The molecule has 11 rings (SSSR count). The van der Waals surface area contributed by atoms with Gasteiger partial charge in [0.05, 0.1) is 5.69 Å². The molecule has 0 unspecified atom stereocenters. The summed E-state index contributed by atoms with van der Waals surface area (Å²) in [6, 6.07) is 41.8. The highest BCUT2D eigenvalue weighted by atomic mass is 32.1. The Bertz CT molecular complexity index is 3230. The number of benzene rings is 6. The Morgan fingerprint density at radius 2 is 1.03 bits per heavy atom. The van der Waals surface area contributed by atoms with Crippen LogP contribution < -0.4 is 25.5 Å². The molecule has 0 saturated heterocycles. The molecule has 348 valence electrons. The molecule has 2 nitrogen and oxygen atoms in total. The fourth-order valence-corrected chi connectivity index (χ4v) is 13.9. The molecule has 0 spiro atoms. The molecule has 0 N–H and O–H groups in total. The molecule has 2 aliphatic carbocycles. The lowest BCUT2D eigenvalue weighted by Gasteiger charge is -2.46. The van der Waals surface area contributed by atoms with Crippen molar-refractivity contribution in [1.82, 2.24) is 0 Å². The summed E-state index contributed by atoms with van der Waals surface area (Å²) in [5.74, 6) is 0. The lowest BCUT2D eigenvalue weighted by molar-refractivity contribution is 0.332. The van der Waals surface area contributed by atoms with Crippen molar-refractivity contribution in [2.45, 2.75) is 169 Å². The van der Waals surface area contributed by atoms with Crippen LogP contribution in [0.2, 0.25) is 0 Å². The first-order valence-electron chi connectivity index (χ1n) is 25.6. The molecule has 4 heteroatoms. The van der Waals surface area contributed by atoms with Crippen molar-refractivity contribution in [2.75, 3.05) is 9.80 Å². The van der Waals surface area contributed by atoms with Gasteiger partial charge in [-0.1, -0.05) is 152 Å². The fraction of sp³-hybridized carbons (Fsp3) is 0.406. The van der Waals surface area contributed by atoms with Gasteiger partial charge in [0, 0.05) is 43.3 Å². The highest BCUT2D eigenvalue weighted by molar-refractivity contribution is 7.33. The second-order valence-electron chi connectivity index (χ2n) is 26.1. The molecule has 7 aromatic rings. The van der Waals surface area contributed by atoms with Crippen molar-refractivity contribution in [3.05, 3.63) is 148 Å². The first-order chi connectivity index (χ1) is 31.7. The monoisotopic (exact) mass is 913 g/mol. The Labute approximate surface area is 413 Å². The van der Waals surface area contributed by atoms with Gasteiger partial charge in [-0.15, -0.1) is 11.3 Å². The van der Waals surface area contributed by atoms with E-state index in [0.29, 0.717) is 0 Å². The van der Waals surface area contributed by atoms with Gasteiger partial charge in [0.25, 0.3) is 6.71 Å². The topological polar surface area (TPSA) is 6.48 Å². The standard InChI is InChI=1S/C64H73BN2S/c1-38-31-53-56-54(32-38)67(52-37-49-47(33-39(52)2)62(11,12)29-30-64(49,15)16)51-25-22-43(60(6,7)8)35-50(51)65(56)58-57(66(53)44-23-24-46-48(36-44)63(13,14)28-27-61(46,9)10)45-34-41(19-26-55(45)68-58)40-17-20-42(21-18-40)59(3,4)5/h17-26,31-37H,27-30H2,1-16H3. The number of hydrogen-bond acceptors (Lipinski definition) is 3. The molecular formula is C64H73BN2S. The highest BCUT2D eigenvalue weighted by Crippen LogP contribution is 2.54. The van der Waals surface area contributed by atoms with E-state index in [4.69, 9.17) is 0 Å². The predicted molar refractivity (Wildman–Crippen MR) is 299 cm³/mol. The minimum Gasteiger partial charge on any atom is -0.311 e. The first kappa shape index (κ1) is 45.4. The summed E-state index contributed by atoms with van der Waals surface area (Å²) >= 11 is 2.01. The zero-order valence-electron chi connectivity index (χ0n) is 44.0. The van der Waals surface area contributed by atoms with Crippen molar-refractivity contribution >= 4 is 78.0 Å². The molecule has 0 bridgehead atoms. The van der Waals surface area contributed by atoms with Crippen LogP contribution in [-0.4, -0.2) is 6.71 Å². The summed E-state index contributed by atoms with van der Waals surface area (Å²) < 4.78 is 2.78. The zero-order valence-corrected chi connectivity index (χ0v) is 44.8. The number of anilines is 6. The third kappa shape index (κ3) is 6.92. The van der Waals surface area contributed by atoms with Crippen LogP contribution in [0.5, 0.6) is 0 Å². The molecule has 0 atom stereocenters. The van der Waals surface area contributed by atoms with Gasteiger partial charge in [-0.2, -0.15) is 0 Å². The van der Waals surface area contributed by atoms with E-state index in [1.807, 2.05) is 11.3 Å². The van der Waals surface area contributed by atoms with Gasteiger partial charge in [-0.25, -0.2) is 0 Å². The van der Waals surface area contributed by atoms with Crippen molar-refractivity contribution in [3.63, 3.8) is 0 Å². The smallest absolute Gasteiger partial charge is 0.264 e. The second kappa shape index (κ2) is 14.7. The molecule has 0 amide bonds. The average Bonchev–Trinajstić information content (AvgIpc) is 3.64. The number of fused-ring (bicyclic) bond motifs is 8. The van der Waals surface area contributed by atoms with Crippen LogP contribution in [0.4, 0.5) is 34.1 Å². The van der Waals surface area contributed by atoms with Crippen molar-refractivity contribution < 1.29 is 0 Å². The fourth-order valence-electron chi connectivity index (χ4n) is 12.6. The molecule has 3 heterocycles. The molecule has 4 aliphatic rings. The van der Waals surface area contributed by atoms with E-state index in [0.717, 1.165) is 0 Å². The summed E-state index contributed by atoms with van der Waals surface area (Å²) in [6.07, 6.45) is 4.77. The van der Waals surface area contributed by atoms with Gasteiger partial charge in [0.1, 0.15) is 0 Å². The molecule has 2 aliphatic heterocycles. The number of thiophene rings is 1. The van der Waals surface area contributed by atoms with Gasteiger partial charge in [0.2, 0.25) is 0 Å². The van der Waals surface area contributed by atoms with Crippen LogP contribution in [-0.2, 0) is 32.5 Å². The van der Waals surface area contributed by atoms with E-state index in [2.05, 4.69) is 224 Å². The summed E-state index contributed by atoms with van der Waals surface area (Å²) in [6.45, 7) is 38.5. The Morgan fingerprint density at radius 1 is 0.485 bits per heavy atom. The van der Waals surface area contributed by atoms with E-state index in [-0.39, 0.29) is 39.2 Å². The van der Waals surface area contributed by atoms with Gasteiger partial charge >= 0.3 is 0 Å². The zero-order chi connectivity index (χ0) is 48.4. The first-order valence-corrected chi connectivity index (χ1v) is 26.4. The summed E-state index contributed by atoms with van der Waals surface area (Å²) in [5, 5.41) is 1.33. The highest BCUT2D eigenvalue weighted by Gasteiger charge is 2.47. The van der Waals surface area contributed by atoms with E-state index >= 15 is 0 Å². The van der Waals surface area contributed by atoms with E-state index < -0.39 is 0 Å². The van der Waals surface area contributed by atoms with Gasteiger partial charge in [-0.3, -0.25) is 0 Å². The number of hydrogen-bond donors (Lipinski definition) is 0. The number of aryl methyl sites for hydroxylation is 2. The maximum atomic E-state index is 2.71.